The average Bonchev–Trinajstić information content (AvgIpc) is 3.78. The third kappa shape index (κ3) is 3.71. The largest absolute Gasteiger partial charge is 0.456 e. The van der Waals surface area contributed by atoms with Gasteiger partial charge in [0.05, 0.1) is 11.9 Å². The Morgan fingerprint density at radius 2 is 0.911 bits per heavy atom. The maximum Gasteiger partial charge on any atom is 0.159 e. The zero-order chi connectivity index (χ0) is 29.5. The van der Waals surface area contributed by atoms with E-state index < -0.39 is 0 Å². The molecule has 10 rings (SSSR count). The first-order valence-electron chi connectivity index (χ1n) is 14.6. The number of furan rings is 3. The first-order chi connectivity index (χ1) is 22.2. The van der Waals surface area contributed by atoms with Crippen molar-refractivity contribution in [1.29, 1.82) is 0 Å². The van der Waals surface area contributed by atoms with Crippen LogP contribution in [0, 0.1) is 0 Å². The molecule has 6 aromatic heterocycles. The molecule has 4 aromatic carbocycles. The van der Waals surface area contributed by atoms with Crippen LogP contribution in [0.5, 0.6) is 0 Å². The number of fused-ring (bicyclic) bond motifs is 9. The number of nitrogens with zero attached hydrogens (tertiary/aromatic N) is 4. The van der Waals surface area contributed by atoms with Gasteiger partial charge >= 0.3 is 0 Å². The maximum absolute atomic E-state index is 6.23. The molecule has 7 heteroatoms. The number of hydrogen-bond acceptors (Lipinski definition) is 7. The first-order valence-corrected chi connectivity index (χ1v) is 14.6. The molecule has 0 aliphatic rings. The monoisotopic (exact) mass is 580 g/mol. The fourth-order valence-electron chi connectivity index (χ4n) is 6.35. The van der Waals surface area contributed by atoms with E-state index in [0.29, 0.717) is 5.82 Å². The lowest BCUT2D eigenvalue weighted by Gasteiger charge is -2.05. The summed E-state index contributed by atoms with van der Waals surface area (Å²) in [7, 11) is 0. The van der Waals surface area contributed by atoms with Crippen LogP contribution in [0.25, 0.3) is 99.6 Å². The highest BCUT2D eigenvalue weighted by Crippen LogP contribution is 2.37. The number of aromatic nitrogens is 4. The Bertz CT molecular complexity index is 2790. The van der Waals surface area contributed by atoms with Gasteiger partial charge in [-0.25, -0.2) is 9.97 Å². The molecule has 0 N–H and O–H groups in total. The Morgan fingerprint density at radius 1 is 0.378 bits per heavy atom. The Labute approximate surface area is 254 Å². The van der Waals surface area contributed by atoms with Crippen LogP contribution in [0.15, 0.2) is 135 Å². The van der Waals surface area contributed by atoms with Crippen molar-refractivity contribution in [2.75, 3.05) is 0 Å². The van der Waals surface area contributed by atoms with E-state index in [1.807, 2.05) is 60.8 Å². The van der Waals surface area contributed by atoms with E-state index in [1.54, 1.807) is 24.8 Å². The van der Waals surface area contributed by atoms with Crippen molar-refractivity contribution in [2.24, 2.45) is 0 Å². The van der Waals surface area contributed by atoms with E-state index in [4.69, 9.17) is 18.2 Å². The topological polar surface area (TPSA) is 91.0 Å². The molecule has 45 heavy (non-hydrogen) atoms. The van der Waals surface area contributed by atoms with Crippen molar-refractivity contribution >= 4 is 65.8 Å². The van der Waals surface area contributed by atoms with E-state index in [0.717, 1.165) is 93.8 Å². The fourth-order valence-corrected chi connectivity index (χ4v) is 6.35. The standard InChI is InChI=1S/C38H20N4O3/c1-5-33-27(15-21(1)22-2-6-35-29(16-22)30-19-39-13-11-36(30)44-35)28-18-24(4-8-34(28)43-33)38-41-14-10-31(42-38)23-3-7-32-26(17-23)25-9-12-40-20-37(25)45-32/h1-20H. The summed E-state index contributed by atoms with van der Waals surface area (Å²) in [5.74, 6) is 0.646. The van der Waals surface area contributed by atoms with Crippen LogP contribution in [0.2, 0.25) is 0 Å². The summed E-state index contributed by atoms with van der Waals surface area (Å²) in [6, 6.07) is 30.6. The molecule has 7 nitrogen and oxygen atoms in total. The van der Waals surface area contributed by atoms with Crippen molar-refractivity contribution in [1.82, 2.24) is 19.9 Å². The normalized spacial score (nSPS) is 12.0. The van der Waals surface area contributed by atoms with Gasteiger partial charge < -0.3 is 13.3 Å². The van der Waals surface area contributed by atoms with Gasteiger partial charge in [0.2, 0.25) is 0 Å². The molecule has 0 bridgehead atoms. The summed E-state index contributed by atoms with van der Waals surface area (Å²) in [6.07, 6.45) is 8.93. The minimum atomic E-state index is 0.646. The molecule has 10 aromatic rings. The van der Waals surface area contributed by atoms with E-state index in [-0.39, 0.29) is 0 Å². The Morgan fingerprint density at radius 3 is 1.67 bits per heavy atom. The van der Waals surface area contributed by atoms with Gasteiger partial charge in [0, 0.05) is 68.2 Å². The van der Waals surface area contributed by atoms with Crippen LogP contribution < -0.4 is 0 Å². The predicted molar refractivity (Wildman–Crippen MR) is 176 cm³/mol. The fraction of sp³-hybridized carbons (Fsp3) is 0. The summed E-state index contributed by atoms with van der Waals surface area (Å²) < 4.78 is 18.2. The minimum absolute atomic E-state index is 0.646. The van der Waals surface area contributed by atoms with Gasteiger partial charge in [-0.05, 0) is 90.0 Å². The molecule has 0 saturated heterocycles. The van der Waals surface area contributed by atoms with Crippen LogP contribution in [-0.2, 0) is 0 Å². The van der Waals surface area contributed by atoms with E-state index in [1.165, 1.54) is 0 Å². The SMILES string of the molecule is c1cc2c(cn1)oc1ccc(-c3ccnc(-c4ccc5oc6ccc(-c7ccc8oc9ccncc9c8c7)cc6c5c4)n3)cc12. The molecule has 0 spiro atoms. The second-order valence-electron chi connectivity index (χ2n) is 11.2. The molecule has 0 aliphatic heterocycles. The van der Waals surface area contributed by atoms with Crippen LogP contribution in [0.3, 0.4) is 0 Å². The summed E-state index contributed by atoms with van der Waals surface area (Å²) in [6.45, 7) is 0. The molecule has 0 aliphatic carbocycles. The van der Waals surface area contributed by atoms with Crippen molar-refractivity contribution in [2.45, 2.75) is 0 Å². The lowest BCUT2D eigenvalue weighted by atomic mass is 10.0. The molecule has 0 saturated carbocycles. The van der Waals surface area contributed by atoms with Crippen molar-refractivity contribution < 1.29 is 13.3 Å². The zero-order valence-corrected chi connectivity index (χ0v) is 23.6. The highest BCUT2D eigenvalue weighted by atomic mass is 16.3. The third-order valence-corrected chi connectivity index (χ3v) is 8.56. The number of pyridine rings is 2. The molecule has 0 unspecified atom stereocenters. The number of hydrogen-bond donors (Lipinski definition) is 0. The molecular weight excluding hydrogens is 560 g/mol. The van der Waals surface area contributed by atoms with Gasteiger partial charge in [-0.15, -0.1) is 0 Å². The maximum atomic E-state index is 6.23. The van der Waals surface area contributed by atoms with Crippen molar-refractivity contribution in [3.63, 3.8) is 0 Å². The smallest absolute Gasteiger partial charge is 0.159 e. The molecule has 210 valence electrons. The highest BCUT2D eigenvalue weighted by Gasteiger charge is 2.14. The first kappa shape index (κ1) is 24.1. The summed E-state index contributed by atoms with van der Waals surface area (Å²) in [4.78, 5) is 18.1. The van der Waals surface area contributed by atoms with Crippen LogP contribution in [-0.4, -0.2) is 19.9 Å². The lowest BCUT2D eigenvalue weighted by molar-refractivity contribution is 0.667. The molecule has 0 radical (unpaired) electrons. The van der Waals surface area contributed by atoms with Crippen molar-refractivity contribution in [3.05, 3.63) is 122 Å². The van der Waals surface area contributed by atoms with Gasteiger partial charge in [-0.3, -0.25) is 9.97 Å². The van der Waals surface area contributed by atoms with Gasteiger partial charge in [-0.1, -0.05) is 12.1 Å². The third-order valence-electron chi connectivity index (χ3n) is 8.56. The summed E-state index contributed by atoms with van der Waals surface area (Å²) in [5.41, 5.74) is 9.84. The van der Waals surface area contributed by atoms with Gasteiger partial charge in [-0.2, -0.15) is 0 Å². The second kappa shape index (κ2) is 9.08. The quantitative estimate of drug-likeness (QED) is 0.205. The highest BCUT2D eigenvalue weighted by molar-refractivity contribution is 6.09. The Hall–Kier alpha value is -6.34. The van der Waals surface area contributed by atoms with E-state index in [9.17, 15) is 0 Å². The Balaban J connectivity index is 1.07. The number of rotatable bonds is 3. The zero-order valence-electron chi connectivity index (χ0n) is 23.6. The van der Waals surface area contributed by atoms with Crippen LogP contribution in [0.4, 0.5) is 0 Å². The molecule has 0 fully saturated rings. The molecule has 0 amide bonds. The summed E-state index contributed by atoms with van der Waals surface area (Å²) >= 11 is 0. The Kier molecular flexibility index (Phi) is 4.87. The van der Waals surface area contributed by atoms with Crippen LogP contribution in [0.1, 0.15) is 0 Å². The van der Waals surface area contributed by atoms with Gasteiger partial charge in [0.15, 0.2) is 11.4 Å². The van der Waals surface area contributed by atoms with Gasteiger partial charge in [0.1, 0.15) is 27.9 Å². The second-order valence-corrected chi connectivity index (χ2v) is 11.2. The number of benzene rings is 4. The molecular formula is C38H20N4O3. The molecule has 0 atom stereocenters. The predicted octanol–water partition coefficient (Wildman–Crippen LogP) is 9.97. The van der Waals surface area contributed by atoms with Gasteiger partial charge in [0.25, 0.3) is 0 Å². The van der Waals surface area contributed by atoms with Crippen LogP contribution >= 0.6 is 0 Å². The van der Waals surface area contributed by atoms with E-state index in [2.05, 4.69) is 51.4 Å². The lowest BCUT2D eigenvalue weighted by Crippen LogP contribution is -1.91. The van der Waals surface area contributed by atoms with E-state index >= 15 is 0 Å². The van der Waals surface area contributed by atoms with Crippen molar-refractivity contribution in [3.8, 4) is 33.8 Å². The molecule has 6 heterocycles. The minimum Gasteiger partial charge on any atom is -0.456 e. The summed E-state index contributed by atoms with van der Waals surface area (Å²) in [5, 5.41) is 6.16. The average molecular weight is 581 g/mol.